The fraction of sp³-hybridized carbons (Fsp3) is 0.333. The van der Waals surface area contributed by atoms with Gasteiger partial charge in [0.2, 0.25) is 11.8 Å². The lowest BCUT2D eigenvalue weighted by Gasteiger charge is -2.33. The summed E-state index contributed by atoms with van der Waals surface area (Å²) in [5.41, 5.74) is 0.786. The number of carbonyl (C=O) groups excluding carboxylic acids is 2. The third-order valence-electron chi connectivity index (χ3n) is 6.45. The third kappa shape index (κ3) is 7.59. The summed E-state index contributed by atoms with van der Waals surface area (Å²) >= 11 is 0. The average Bonchev–Trinajstić information content (AvgIpc) is 2.97. The van der Waals surface area contributed by atoms with Gasteiger partial charge in [-0.3, -0.25) is 13.9 Å². The number of para-hydroxylation sites is 2. The smallest absolute Gasteiger partial charge is 0.264 e. The molecule has 1 N–H and O–H groups in total. The van der Waals surface area contributed by atoms with Crippen LogP contribution in [0.3, 0.4) is 0 Å². The maximum atomic E-state index is 14.0. The summed E-state index contributed by atoms with van der Waals surface area (Å²) in [6, 6.07) is 19.1. The van der Waals surface area contributed by atoms with E-state index in [0.29, 0.717) is 18.5 Å². The zero-order valence-corrected chi connectivity index (χ0v) is 23.9. The van der Waals surface area contributed by atoms with Crippen molar-refractivity contribution >= 4 is 27.5 Å². The standard InChI is InChI=1S/C30H36FN3O5S/c1-4-6-20-32-30(36)26(5-2)33(21-23-16-18-24(31)19-17-23)29(35)22-34(27-14-10-11-15-28(27)39-3)40(37,38)25-12-8-7-9-13-25/h7-19,26H,4-6,20-22H2,1-3H3,(H,32,36)/t26-/m1/s1. The quantitative estimate of drug-likeness (QED) is 0.283. The van der Waals surface area contributed by atoms with Gasteiger partial charge in [-0.05, 0) is 54.8 Å². The van der Waals surface area contributed by atoms with Crippen molar-refractivity contribution in [2.24, 2.45) is 0 Å². The Hall–Kier alpha value is -3.92. The first-order chi connectivity index (χ1) is 19.2. The summed E-state index contributed by atoms with van der Waals surface area (Å²) in [5, 5.41) is 2.88. The number of nitrogens with zero attached hydrogens (tertiary/aromatic N) is 2. The molecule has 3 aromatic carbocycles. The number of nitrogens with one attached hydrogen (secondary N) is 1. The number of rotatable bonds is 14. The van der Waals surface area contributed by atoms with Crippen LogP contribution in [0, 0.1) is 5.82 Å². The molecule has 3 aromatic rings. The van der Waals surface area contributed by atoms with E-state index in [0.717, 1.165) is 17.1 Å². The molecule has 0 radical (unpaired) electrons. The van der Waals surface area contributed by atoms with Crippen LogP contribution in [0.4, 0.5) is 10.1 Å². The Labute approximate surface area is 235 Å². The lowest BCUT2D eigenvalue weighted by molar-refractivity contribution is -0.140. The van der Waals surface area contributed by atoms with Crippen LogP contribution in [0.2, 0.25) is 0 Å². The maximum Gasteiger partial charge on any atom is 0.264 e. The number of anilines is 1. The number of hydrogen-bond donors (Lipinski definition) is 1. The topological polar surface area (TPSA) is 96.0 Å². The summed E-state index contributed by atoms with van der Waals surface area (Å²) in [4.78, 5) is 28.6. The molecule has 1 atom stereocenters. The molecule has 0 saturated heterocycles. The normalized spacial score (nSPS) is 11.9. The van der Waals surface area contributed by atoms with Gasteiger partial charge >= 0.3 is 0 Å². The molecule has 0 fully saturated rings. The van der Waals surface area contributed by atoms with Crippen LogP contribution in [0.25, 0.3) is 0 Å². The highest BCUT2D eigenvalue weighted by Crippen LogP contribution is 2.32. The SMILES string of the molecule is CCCCNC(=O)[C@@H](CC)N(Cc1ccc(F)cc1)C(=O)CN(c1ccccc1OC)S(=O)(=O)c1ccccc1. The lowest BCUT2D eigenvalue weighted by atomic mass is 10.1. The van der Waals surface area contributed by atoms with Crippen LogP contribution >= 0.6 is 0 Å². The van der Waals surface area contributed by atoms with Crippen LogP contribution in [-0.4, -0.2) is 51.4 Å². The molecule has 0 heterocycles. The van der Waals surface area contributed by atoms with Crippen molar-refractivity contribution in [3.8, 4) is 5.75 Å². The molecule has 0 aliphatic rings. The lowest BCUT2D eigenvalue weighted by Crippen LogP contribution is -2.52. The Bertz CT molecular complexity index is 1370. The van der Waals surface area contributed by atoms with E-state index in [9.17, 15) is 22.4 Å². The van der Waals surface area contributed by atoms with Crippen molar-refractivity contribution in [3.63, 3.8) is 0 Å². The Kier molecular flexibility index (Phi) is 11.1. The van der Waals surface area contributed by atoms with Crippen LogP contribution < -0.4 is 14.4 Å². The van der Waals surface area contributed by atoms with Gasteiger partial charge in [-0.15, -0.1) is 0 Å². The van der Waals surface area contributed by atoms with E-state index in [1.165, 1.54) is 48.4 Å². The number of amides is 2. The molecule has 0 aromatic heterocycles. The molecular weight excluding hydrogens is 533 g/mol. The Morgan fingerprint density at radius 1 is 0.950 bits per heavy atom. The number of unbranched alkanes of at least 4 members (excludes halogenated alkanes) is 1. The molecule has 10 heteroatoms. The number of carbonyl (C=O) groups is 2. The second-order valence-electron chi connectivity index (χ2n) is 9.21. The van der Waals surface area contributed by atoms with Gasteiger partial charge in [-0.2, -0.15) is 0 Å². The van der Waals surface area contributed by atoms with Gasteiger partial charge in [0.1, 0.15) is 24.2 Å². The molecular formula is C30H36FN3O5S. The monoisotopic (exact) mass is 569 g/mol. The van der Waals surface area contributed by atoms with E-state index in [2.05, 4.69) is 5.32 Å². The summed E-state index contributed by atoms with van der Waals surface area (Å²) in [6.45, 7) is 3.66. The van der Waals surface area contributed by atoms with Gasteiger partial charge in [-0.25, -0.2) is 12.8 Å². The van der Waals surface area contributed by atoms with E-state index in [1.807, 2.05) is 6.92 Å². The molecule has 8 nitrogen and oxygen atoms in total. The van der Waals surface area contributed by atoms with Gasteiger partial charge in [0.25, 0.3) is 10.0 Å². The number of halogens is 1. The van der Waals surface area contributed by atoms with Gasteiger partial charge in [0.05, 0.1) is 17.7 Å². The summed E-state index contributed by atoms with van der Waals surface area (Å²) < 4.78 is 47.8. The molecule has 0 unspecified atom stereocenters. The fourth-order valence-corrected chi connectivity index (χ4v) is 5.73. The predicted molar refractivity (Wildman–Crippen MR) is 153 cm³/mol. The fourth-order valence-electron chi connectivity index (χ4n) is 4.28. The second-order valence-corrected chi connectivity index (χ2v) is 11.1. The van der Waals surface area contributed by atoms with Crippen LogP contribution in [0.15, 0.2) is 83.8 Å². The average molecular weight is 570 g/mol. The van der Waals surface area contributed by atoms with E-state index >= 15 is 0 Å². The highest BCUT2D eigenvalue weighted by molar-refractivity contribution is 7.92. The van der Waals surface area contributed by atoms with Gasteiger partial charge in [0, 0.05) is 13.1 Å². The molecule has 40 heavy (non-hydrogen) atoms. The van der Waals surface area contributed by atoms with Crippen LogP contribution in [0.5, 0.6) is 5.75 Å². The van der Waals surface area contributed by atoms with Crippen LogP contribution in [-0.2, 0) is 26.2 Å². The van der Waals surface area contributed by atoms with Crippen molar-refractivity contribution in [1.29, 1.82) is 0 Å². The number of benzene rings is 3. The second kappa shape index (κ2) is 14.5. The Balaban J connectivity index is 2.05. The predicted octanol–water partition coefficient (Wildman–Crippen LogP) is 4.75. The van der Waals surface area contributed by atoms with Crippen molar-refractivity contribution in [2.75, 3.05) is 24.5 Å². The van der Waals surface area contributed by atoms with Crippen molar-refractivity contribution in [2.45, 2.75) is 50.6 Å². The van der Waals surface area contributed by atoms with Gasteiger partial charge < -0.3 is 15.0 Å². The summed E-state index contributed by atoms with van der Waals surface area (Å²) in [6.07, 6.45) is 1.97. The highest BCUT2D eigenvalue weighted by Gasteiger charge is 2.34. The van der Waals surface area contributed by atoms with Gasteiger partial charge in [0.15, 0.2) is 0 Å². The highest BCUT2D eigenvalue weighted by atomic mass is 32.2. The molecule has 0 saturated carbocycles. The minimum Gasteiger partial charge on any atom is -0.495 e. The van der Waals surface area contributed by atoms with Crippen LogP contribution in [0.1, 0.15) is 38.7 Å². The first-order valence-corrected chi connectivity index (χ1v) is 14.7. The van der Waals surface area contributed by atoms with Gasteiger partial charge in [-0.1, -0.05) is 62.7 Å². The van der Waals surface area contributed by atoms with Crippen molar-refractivity contribution < 1.29 is 27.1 Å². The molecule has 3 rings (SSSR count). The first-order valence-electron chi connectivity index (χ1n) is 13.2. The minimum absolute atomic E-state index is 0.00291. The van der Waals surface area contributed by atoms with Crippen molar-refractivity contribution in [3.05, 3.63) is 90.2 Å². The molecule has 0 spiro atoms. The summed E-state index contributed by atoms with van der Waals surface area (Å²) in [5.74, 6) is -1.08. The number of methoxy groups -OCH3 is 1. The van der Waals surface area contributed by atoms with E-state index in [-0.39, 0.29) is 28.8 Å². The zero-order chi connectivity index (χ0) is 29.1. The van der Waals surface area contributed by atoms with E-state index < -0.39 is 34.3 Å². The molecule has 214 valence electrons. The molecule has 2 amide bonds. The van der Waals surface area contributed by atoms with E-state index in [1.54, 1.807) is 49.4 Å². The largest absolute Gasteiger partial charge is 0.495 e. The maximum absolute atomic E-state index is 14.0. The number of ether oxygens (including phenoxy) is 1. The Morgan fingerprint density at radius 2 is 1.60 bits per heavy atom. The summed E-state index contributed by atoms with van der Waals surface area (Å²) in [7, 11) is -2.79. The molecule has 0 aliphatic carbocycles. The Morgan fingerprint density at radius 3 is 2.23 bits per heavy atom. The zero-order valence-electron chi connectivity index (χ0n) is 23.0. The van der Waals surface area contributed by atoms with E-state index in [4.69, 9.17) is 4.74 Å². The molecule has 0 aliphatic heterocycles. The minimum atomic E-state index is -4.21. The third-order valence-corrected chi connectivity index (χ3v) is 8.22. The first kappa shape index (κ1) is 30.6. The van der Waals surface area contributed by atoms with Crippen molar-refractivity contribution in [1.82, 2.24) is 10.2 Å². The number of sulfonamides is 1. The molecule has 0 bridgehead atoms. The number of hydrogen-bond acceptors (Lipinski definition) is 5.